The number of methoxy groups -OCH3 is 1. The Balaban J connectivity index is 1.69. The number of benzene rings is 1. The molecule has 1 atom stereocenters. The van der Waals surface area contributed by atoms with Crippen LogP contribution in [0.4, 0.5) is 0 Å². The maximum Gasteiger partial charge on any atom is 0.327 e. The van der Waals surface area contributed by atoms with E-state index in [1.807, 2.05) is 35.2 Å². The van der Waals surface area contributed by atoms with Gasteiger partial charge in [-0.05, 0) is 42.8 Å². The minimum atomic E-state index is -0.359. The summed E-state index contributed by atoms with van der Waals surface area (Å²) >= 11 is 0. The van der Waals surface area contributed by atoms with Crippen molar-refractivity contribution in [3.05, 3.63) is 35.9 Å². The summed E-state index contributed by atoms with van der Waals surface area (Å²) in [6, 6.07) is 9.47. The summed E-state index contributed by atoms with van der Waals surface area (Å²) in [7, 11) is 1.45. The maximum absolute atomic E-state index is 12.4. The Morgan fingerprint density at radius 3 is 2.42 bits per heavy atom. The van der Waals surface area contributed by atoms with Crippen LogP contribution in [0.3, 0.4) is 0 Å². The van der Waals surface area contributed by atoms with Crippen LogP contribution in [0.5, 0.6) is 0 Å². The number of piperidine rings is 1. The van der Waals surface area contributed by atoms with Crippen LogP contribution >= 0.6 is 0 Å². The molecule has 0 bridgehead atoms. The van der Waals surface area contributed by atoms with E-state index in [4.69, 9.17) is 4.74 Å². The Morgan fingerprint density at radius 1 is 1.19 bits per heavy atom. The second-order valence-electron chi connectivity index (χ2n) is 8.22. The largest absolute Gasteiger partial charge is 0.468 e. The van der Waals surface area contributed by atoms with E-state index in [0.29, 0.717) is 18.2 Å². The summed E-state index contributed by atoms with van der Waals surface area (Å²) < 4.78 is 5.07. The first-order chi connectivity index (χ1) is 12.4. The normalized spacial score (nSPS) is 21.4. The molecule has 0 unspecified atom stereocenters. The van der Waals surface area contributed by atoms with Crippen molar-refractivity contribution in [2.45, 2.75) is 39.2 Å². The van der Waals surface area contributed by atoms with Crippen LogP contribution in [0.2, 0.25) is 0 Å². The van der Waals surface area contributed by atoms with Crippen molar-refractivity contribution in [3.63, 3.8) is 0 Å². The van der Waals surface area contributed by atoms with Crippen molar-refractivity contribution in [2.75, 3.05) is 33.3 Å². The van der Waals surface area contributed by atoms with Gasteiger partial charge in [0, 0.05) is 19.5 Å². The summed E-state index contributed by atoms with van der Waals surface area (Å²) in [6.45, 7) is 7.66. The van der Waals surface area contributed by atoms with Gasteiger partial charge in [0.15, 0.2) is 0 Å². The predicted molar refractivity (Wildman–Crippen MR) is 100 cm³/mol. The monoisotopic (exact) mass is 358 g/mol. The summed E-state index contributed by atoms with van der Waals surface area (Å²) in [4.78, 5) is 29.1. The summed E-state index contributed by atoms with van der Waals surface area (Å²) in [5, 5.41) is 0. The van der Waals surface area contributed by atoms with Gasteiger partial charge in [-0.25, -0.2) is 4.79 Å². The average Bonchev–Trinajstić information content (AvgIpc) is 2.92. The third-order valence-electron chi connectivity index (χ3n) is 5.75. The standard InChI is InChI=1S/C21H30N2O3/c1-16(2)14-23-15-21(13-18(23)24)9-11-22(12-10-21)19(20(25)26-3)17-7-5-4-6-8-17/h4-8,16,19H,9-15H2,1-3H3/t19-/m1/s1. The molecule has 26 heavy (non-hydrogen) atoms. The van der Waals surface area contributed by atoms with Crippen molar-refractivity contribution in [1.82, 2.24) is 9.80 Å². The zero-order valence-corrected chi connectivity index (χ0v) is 16.1. The molecule has 2 aliphatic rings. The molecule has 2 fully saturated rings. The van der Waals surface area contributed by atoms with Gasteiger partial charge >= 0.3 is 5.97 Å². The fourth-order valence-corrected chi connectivity index (χ4v) is 4.42. The van der Waals surface area contributed by atoms with Gasteiger partial charge in [-0.1, -0.05) is 44.2 Å². The molecule has 0 N–H and O–H groups in total. The lowest BCUT2D eigenvalue weighted by Gasteiger charge is -2.41. The van der Waals surface area contributed by atoms with E-state index in [9.17, 15) is 9.59 Å². The molecule has 1 aromatic carbocycles. The highest BCUT2D eigenvalue weighted by atomic mass is 16.5. The highest BCUT2D eigenvalue weighted by Gasteiger charge is 2.46. The fraction of sp³-hybridized carbons (Fsp3) is 0.619. The molecule has 2 saturated heterocycles. The van der Waals surface area contributed by atoms with Crippen LogP contribution in [-0.2, 0) is 14.3 Å². The lowest BCUT2D eigenvalue weighted by Crippen LogP contribution is -2.45. The van der Waals surface area contributed by atoms with Crippen molar-refractivity contribution >= 4 is 11.9 Å². The maximum atomic E-state index is 12.4. The van der Waals surface area contributed by atoms with Gasteiger partial charge in [-0.3, -0.25) is 9.69 Å². The Hall–Kier alpha value is -1.88. The van der Waals surface area contributed by atoms with Crippen LogP contribution in [0.15, 0.2) is 30.3 Å². The Bertz CT molecular complexity index is 636. The lowest BCUT2D eigenvalue weighted by atomic mass is 9.77. The number of ether oxygens (including phenoxy) is 1. The van der Waals surface area contributed by atoms with Crippen LogP contribution in [-0.4, -0.2) is 55.0 Å². The first-order valence-electron chi connectivity index (χ1n) is 9.59. The molecule has 0 aliphatic carbocycles. The molecule has 5 nitrogen and oxygen atoms in total. The van der Waals surface area contributed by atoms with Crippen LogP contribution in [0.1, 0.15) is 44.7 Å². The topological polar surface area (TPSA) is 49.9 Å². The van der Waals surface area contributed by atoms with Crippen molar-refractivity contribution in [1.29, 1.82) is 0 Å². The first-order valence-corrected chi connectivity index (χ1v) is 9.59. The number of hydrogen-bond acceptors (Lipinski definition) is 4. The highest BCUT2D eigenvalue weighted by molar-refractivity contribution is 5.79. The zero-order chi connectivity index (χ0) is 18.7. The first kappa shape index (κ1) is 18.9. The van der Waals surface area contributed by atoms with Gasteiger partial charge in [0.05, 0.1) is 7.11 Å². The molecule has 0 saturated carbocycles. The second-order valence-corrected chi connectivity index (χ2v) is 8.22. The smallest absolute Gasteiger partial charge is 0.327 e. The quantitative estimate of drug-likeness (QED) is 0.760. The van der Waals surface area contributed by atoms with E-state index in [1.165, 1.54) is 7.11 Å². The summed E-state index contributed by atoms with van der Waals surface area (Å²) in [6.07, 6.45) is 2.56. The summed E-state index contributed by atoms with van der Waals surface area (Å²) in [5.41, 5.74) is 1.05. The number of esters is 1. The highest BCUT2D eigenvalue weighted by Crippen LogP contribution is 2.42. The van der Waals surface area contributed by atoms with E-state index in [1.54, 1.807) is 0 Å². The van der Waals surface area contributed by atoms with Gasteiger partial charge < -0.3 is 9.64 Å². The van der Waals surface area contributed by atoms with E-state index in [2.05, 4.69) is 18.7 Å². The Morgan fingerprint density at radius 2 is 1.85 bits per heavy atom. The Kier molecular flexibility index (Phi) is 5.66. The van der Waals surface area contributed by atoms with Gasteiger partial charge in [0.1, 0.15) is 6.04 Å². The number of hydrogen-bond donors (Lipinski definition) is 0. The number of carbonyl (C=O) groups is 2. The summed E-state index contributed by atoms with van der Waals surface area (Å²) in [5.74, 6) is 0.576. The predicted octanol–water partition coefficient (Wildman–Crippen LogP) is 2.87. The van der Waals surface area contributed by atoms with Crippen molar-refractivity contribution in [2.24, 2.45) is 11.3 Å². The van der Waals surface area contributed by atoms with E-state index >= 15 is 0 Å². The molecular weight excluding hydrogens is 328 g/mol. The van der Waals surface area contributed by atoms with Crippen molar-refractivity contribution < 1.29 is 14.3 Å². The van der Waals surface area contributed by atoms with Gasteiger partial charge in [0.2, 0.25) is 5.91 Å². The van der Waals surface area contributed by atoms with E-state index in [-0.39, 0.29) is 17.4 Å². The molecule has 1 aromatic rings. The number of rotatable bonds is 5. The molecule has 2 heterocycles. The van der Waals surface area contributed by atoms with Gasteiger partial charge in [0.25, 0.3) is 0 Å². The van der Waals surface area contributed by atoms with Gasteiger partial charge in [-0.15, -0.1) is 0 Å². The van der Waals surface area contributed by atoms with Crippen LogP contribution < -0.4 is 0 Å². The molecule has 1 spiro atoms. The number of amides is 1. The molecule has 2 aliphatic heterocycles. The lowest BCUT2D eigenvalue weighted by molar-refractivity contribution is -0.148. The van der Waals surface area contributed by atoms with E-state index in [0.717, 1.165) is 44.6 Å². The third-order valence-corrected chi connectivity index (χ3v) is 5.75. The molecule has 5 heteroatoms. The van der Waals surface area contributed by atoms with Crippen LogP contribution in [0.25, 0.3) is 0 Å². The second kappa shape index (κ2) is 7.78. The fourth-order valence-electron chi connectivity index (χ4n) is 4.42. The van der Waals surface area contributed by atoms with Crippen LogP contribution in [0, 0.1) is 11.3 Å². The molecule has 3 rings (SSSR count). The molecule has 0 aromatic heterocycles. The molecule has 1 amide bonds. The molecule has 0 radical (unpaired) electrons. The SMILES string of the molecule is COC(=O)[C@@H](c1ccccc1)N1CCC2(CC1)CC(=O)N(CC(C)C)C2. The number of likely N-dealkylation sites (tertiary alicyclic amines) is 2. The van der Waals surface area contributed by atoms with Crippen molar-refractivity contribution in [3.8, 4) is 0 Å². The number of carbonyl (C=O) groups excluding carboxylic acids is 2. The Labute approximate surface area is 156 Å². The number of nitrogens with zero attached hydrogens (tertiary/aromatic N) is 2. The molecule has 142 valence electrons. The average molecular weight is 358 g/mol. The van der Waals surface area contributed by atoms with Gasteiger partial charge in [-0.2, -0.15) is 0 Å². The van der Waals surface area contributed by atoms with E-state index < -0.39 is 0 Å². The molecular formula is C21H30N2O3. The minimum absolute atomic E-state index is 0.0832. The zero-order valence-electron chi connectivity index (χ0n) is 16.1. The minimum Gasteiger partial charge on any atom is -0.468 e. The third kappa shape index (κ3) is 3.93.